The van der Waals surface area contributed by atoms with Gasteiger partial charge in [-0.05, 0) is 24.7 Å². The molecule has 1 aliphatic heterocycles. The lowest BCUT2D eigenvalue weighted by Gasteiger charge is -2.18. The highest BCUT2D eigenvalue weighted by molar-refractivity contribution is 7.99. The van der Waals surface area contributed by atoms with Crippen molar-refractivity contribution in [2.45, 2.75) is 25.3 Å². The zero-order chi connectivity index (χ0) is 9.97. The van der Waals surface area contributed by atoms with E-state index in [0.717, 1.165) is 5.69 Å². The number of aryl methyl sites for hydroxylation is 1. The molecule has 4 heteroatoms. The summed E-state index contributed by atoms with van der Waals surface area (Å²) in [6.45, 7) is 0.587. The van der Waals surface area contributed by atoms with Gasteiger partial charge in [0, 0.05) is 25.3 Å². The molecular weight excluding hydrogens is 194 g/mol. The summed E-state index contributed by atoms with van der Waals surface area (Å²) < 4.78 is 1.91. The summed E-state index contributed by atoms with van der Waals surface area (Å²) in [4.78, 5) is 0. The number of hydrogen-bond donors (Lipinski definition) is 1. The smallest absolute Gasteiger partial charge is 0.0667 e. The molecule has 1 aliphatic rings. The molecule has 1 aromatic rings. The van der Waals surface area contributed by atoms with E-state index in [1.54, 1.807) is 0 Å². The van der Waals surface area contributed by atoms with Gasteiger partial charge in [0.25, 0.3) is 0 Å². The fraction of sp³-hybridized carbons (Fsp3) is 0.700. The standard InChI is InChI=1S/C10H17N3S/c1-13-9(6-11)5-10(12-13)8-3-2-4-14-7-8/h5,8H,2-4,6-7,11H2,1H3. The Morgan fingerprint density at radius 3 is 3.14 bits per heavy atom. The molecule has 0 bridgehead atoms. The third-order valence-corrected chi connectivity index (χ3v) is 4.00. The van der Waals surface area contributed by atoms with E-state index in [1.807, 2.05) is 23.5 Å². The van der Waals surface area contributed by atoms with Crippen molar-refractivity contribution in [3.63, 3.8) is 0 Å². The van der Waals surface area contributed by atoms with Gasteiger partial charge in [-0.25, -0.2) is 0 Å². The molecule has 0 aromatic carbocycles. The second-order valence-electron chi connectivity index (χ2n) is 3.80. The van der Waals surface area contributed by atoms with Crippen LogP contribution in [-0.4, -0.2) is 21.3 Å². The van der Waals surface area contributed by atoms with Crippen LogP contribution in [0.25, 0.3) is 0 Å². The Labute approximate surface area is 89.1 Å². The SMILES string of the molecule is Cn1nc(C2CCCSC2)cc1CN. The Hall–Kier alpha value is -0.480. The fourth-order valence-electron chi connectivity index (χ4n) is 1.89. The van der Waals surface area contributed by atoms with Gasteiger partial charge in [0.15, 0.2) is 0 Å². The van der Waals surface area contributed by atoms with Gasteiger partial charge in [-0.3, -0.25) is 4.68 Å². The lowest BCUT2D eigenvalue weighted by molar-refractivity contribution is 0.618. The number of hydrogen-bond acceptors (Lipinski definition) is 3. The van der Waals surface area contributed by atoms with Crippen LogP contribution in [-0.2, 0) is 13.6 Å². The van der Waals surface area contributed by atoms with Crippen LogP contribution in [0.1, 0.15) is 30.1 Å². The van der Waals surface area contributed by atoms with Gasteiger partial charge in [-0.2, -0.15) is 16.9 Å². The summed E-state index contributed by atoms with van der Waals surface area (Å²) in [6.07, 6.45) is 2.61. The Balaban J connectivity index is 2.14. The maximum absolute atomic E-state index is 5.63. The van der Waals surface area contributed by atoms with E-state index in [9.17, 15) is 0 Å². The van der Waals surface area contributed by atoms with E-state index in [2.05, 4.69) is 11.2 Å². The molecule has 0 radical (unpaired) electrons. The molecule has 78 valence electrons. The quantitative estimate of drug-likeness (QED) is 0.806. The first-order valence-electron chi connectivity index (χ1n) is 5.12. The normalized spacial score (nSPS) is 22.6. The van der Waals surface area contributed by atoms with E-state index in [1.165, 1.54) is 30.0 Å². The molecule has 2 heterocycles. The number of rotatable bonds is 2. The number of aromatic nitrogens is 2. The lowest BCUT2D eigenvalue weighted by Crippen LogP contribution is -2.09. The average molecular weight is 211 g/mol. The van der Waals surface area contributed by atoms with Crippen LogP contribution in [0, 0.1) is 0 Å². The van der Waals surface area contributed by atoms with Gasteiger partial charge in [-0.1, -0.05) is 0 Å². The minimum atomic E-state index is 0.587. The Bertz CT molecular complexity index is 302. The molecule has 2 rings (SSSR count). The summed E-state index contributed by atoms with van der Waals surface area (Å²) in [6, 6.07) is 2.16. The van der Waals surface area contributed by atoms with Crippen LogP contribution in [0.5, 0.6) is 0 Å². The first-order chi connectivity index (χ1) is 6.81. The van der Waals surface area contributed by atoms with E-state index >= 15 is 0 Å². The van der Waals surface area contributed by atoms with Crippen molar-refractivity contribution in [2.24, 2.45) is 12.8 Å². The number of nitrogens with zero attached hydrogens (tertiary/aromatic N) is 2. The molecule has 2 N–H and O–H groups in total. The third kappa shape index (κ3) is 1.96. The van der Waals surface area contributed by atoms with Gasteiger partial charge in [0.2, 0.25) is 0 Å². The fourth-order valence-corrected chi connectivity index (χ4v) is 3.05. The van der Waals surface area contributed by atoms with Gasteiger partial charge in [0.1, 0.15) is 0 Å². The van der Waals surface area contributed by atoms with E-state index in [-0.39, 0.29) is 0 Å². The molecule has 1 atom stereocenters. The zero-order valence-electron chi connectivity index (χ0n) is 8.57. The Kier molecular flexibility index (Phi) is 3.13. The highest BCUT2D eigenvalue weighted by atomic mass is 32.2. The number of nitrogens with two attached hydrogens (primary N) is 1. The minimum absolute atomic E-state index is 0.587. The molecule has 0 spiro atoms. The predicted molar refractivity (Wildman–Crippen MR) is 60.4 cm³/mol. The molecule has 14 heavy (non-hydrogen) atoms. The molecule has 3 nitrogen and oxygen atoms in total. The van der Waals surface area contributed by atoms with Gasteiger partial charge >= 0.3 is 0 Å². The Morgan fingerprint density at radius 2 is 2.57 bits per heavy atom. The van der Waals surface area contributed by atoms with Crippen molar-refractivity contribution in [3.8, 4) is 0 Å². The predicted octanol–water partition coefficient (Wildman–Crippen LogP) is 1.49. The van der Waals surface area contributed by atoms with Crippen LogP contribution in [0.15, 0.2) is 6.07 Å². The minimum Gasteiger partial charge on any atom is -0.325 e. The van der Waals surface area contributed by atoms with Crippen LogP contribution in [0.4, 0.5) is 0 Å². The molecule has 0 aliphatic carbocycles. The highest BCUT2D eigenvalue weighted by Gasteiger charge is 2.19. The van der Waals surface area contributed by atoms with E-state index in [4.69, 9.17) is 5.73 Å². The molecule has 1 saturated heterocycles. The lowest BCUT2D eigenvalue weighted by atomic mass is 10.0. The summed E-state index contributed by atoms with van der Waals surface area (Å²) in [7, 11) is 1.97. The average Bonchev–Trinajstić information content (AvgIpc) is 2.61. The van der Waals surface area contributed by atoms with Gasteiger partial charge in [-0.15, -0.1) is 0 Å². The second kappa shape index (κ2) is 4.36. The maximum atomic E-state index is 5.63. The molecular formula is C10H17N3S. The first kappa shape index (κ1) is 10.1. The summed E-state index contributed by atoms with van der Waals surface area (Å²) in [5.41, 5.74) is 8.00. The van der Waals surface area contributed by atoms with Crippen LogP contribution in [0.2, 0.25) is 0 Å². The monoisotopic (exact) mass is 211 g/mol. The van der Waals surface area contributed by atoms with Crippen LogP contribution >= 0.6 is 11.8 Å². The summed E-state index contributed by atoms with van der Waals surface area (Å²) >= 11 is 2.04. The van der Waals surface area contributed by atoms with Crippen molar-refractivity contribution < 1.29 is 0 Å². The molecule has 1 aromatic heterocycles. The van der Waals surface area contributed by atoms with E-state index < -0.39 is 0 Å². The molecule has 1 unspecified atom stereocenters. The van der Waals surface area contributed by atoms with Gasteiger partial charge in [0.05, 0.1) is 11.4 Å². The summed E-state index contributed by atoms with van der Waals surface area (Å²) in [5, 5.41) is 4.53. The maximum Gasteiger partial charge on any atom is 0.0667 e. The van der Waals surface area contributed by atoms with Gasteiger partial charge < -0.3 is 5.73 Å². The van der Waals surface area contributed by atoms with Crippen molar-refractivity contribution >= 4 is 11.8 Å². The molecule has 0 saturated carbocycles. The van der Waals surface area contributed by atoms with E-state index in [0.29, 0.717) is 12.5 Å². The van der Waals surface area contributed by atoms with Crippen molar-refractivity contribution in [3.05, 3.63) is 17.5 Å². The zero-order valence-corrected chi connectivity index (χ0v) is 9.39. The van der Waals surface area contributed by atoms with Crippen LogP contribution < -0.4 is 5.73 Å². The first-order valence-corrected chi connectivity index (χ1v) is 6.27. The van der Waals surface area contributed by atoms with Crippen molar-refractivity contribution in [1.82, 2.24) is 9.78 Å². The van der Waals surface area contributed by atoms with Crippen molar-refractivity contribution in [2.75, 3.05) is 11.5 Å². The molecule has 1 fully saturated rings. The molecule has 0 amide bonds. The van der Waals surface area contributed by atoms with Crippen LogP contribution in [0.3, 0.4) is 0 Å². The number of thioether (sulfide) groups is 1. The second-order valence-corrected chi connectivity index (χ2v) is 4.95. The highest BCUT2D eigenvalue weighted by Crippen LogP contribution is 2.30. The Morgan fingerprint density at radius 1 is 1.71 bits per heavy atom. The third-order valence-electron chi connectivity index (χ3n) is 2.78. The topological polar surface area (TPSA) is 43.8 Å². The summed E-state index contributed by atoms with van der Waals surface area (Å²) in [5.74, 6) is 3.19. The largest absolute Gasteiger partial charge is 0.325 e. The van der Waals surface area contributed by atoms with Crippen molar-refractivity contribution in [1.29, 1.82) is 0 Å².